The van der Waals surface area contributed by atoms with E-state index in [9.17, 15) is 26.4 Å². The van der Waals surface area contributed by atoms with E-state index >= 15 is 0 Å². The Morgan fingerprint density at radius 1 is 1.25 bits per heavy atom. The van der Waals surface area contributed by atoms with Gasteiger partial charge in [0, 0.05) is 34.4 Å². The van der Waals surface area contributed by atoms with Gasteiger partial charge in [-0.05, 0) is 6.92 Å². The molecule has 0 aromatic heterocycles. The number of amidine groups is 1. The molecule has 24 heavy (non-hydrogen) atoms. The number of carbonyl (C=O) groups is 1. The van der Waals surface area contributed by atoms with Gasteiger partial charge in [-0.3, -0.25) is 9.53 Å². The van der Waals surface area contributed by atoms with Crippen molar-refractivity contribution in [2.24, 2.45) is 4.99 Å². The minimum atomic E-state index is -4.93. The Labute approximate surface area is 139 Å². The van der Waals surface area contributed by atoms with Gasteiger partial charge in [-0.1, -0.05) is 6.92 Å². The lowest BCUT2D eigenvalue weighted by Crippen LogP contribution is -2.36. The Morgan fingerprint density at radius 3 is 2.08 bits per heavy atom. The normalized spacial score (nSPS) is 15.2. The number of carbonyl (C=O) groups excluding carboxylic acids is 1. The van der Waals surface area contributed by atoms with E-state index < -0.39 is 39.0 Å². The number of halogens is 3. The predicted octanol–water partition coefficient (Wildman–Crippen LogP) is 1.24. The van der Waals surface area contributed by atoms with E-state index in [4.69, 9.17) is 0 Å². The molecule has 0 N–H and O–H groups in total. The second-order valence-electron chi connectivity index (χ2n) is 5.20. The van der Waals surface area contributed by atoms with Crippen molar-refractivity contribution in [3.05, 3.63) is 11.1 Å². The SMILES string of the molecule is CCS(=O)(=O)/C(=C/N(C)C)C(=O)/C(=N/C(C)OC(F)(F)F)N(C)C. The Morgan fingerprint density at radius 2 is 1.75 bits per heavy atom. The highest BCUT2D eigenvalue weighted by Gasteiger charge is 2.34. The van der Waals surface area contributed by atoms with Gasteiger partial charge in [0.05, 0.1) is 5.75 Å². The van der Waals surface area contributed by atoms with Gasteiger partial charge in [0.15, 0.2) is 21.9 Å². The van der Waals surface area contributed by atoms with Crippen LogP contribution in [0.3, 0.4) is 0 Å². The zero-order valence-corrected chi connectivity index (χ0v) is 15.2. The van der Waals surface area contributed by atoms with Crippen LogP contribution in [0.5, 0.6) is 0 Å². The third-order valence-electron chi connectivity index (χ3n) is 2.55. The fourth-order valence-electron chi connectivity index (χ4n) is 1.55. The number of rotatable bonds is 7. The molecule has 0 spiro atoms. The number of alkyl halides is 3. The maximum atomic E-state index is 12.5. The van der Waals surface area contributed by atoms with E-state index in [-0.39, 0.29) is 5.75 Å². The molecule has 0 saturated heterocycles. The number of ketones is 1. The van der Waals surface area contributed by atoms with Gasteiger partial charge >= 0.3 is 6.36 Å². The van der Waals surface area contributed by atoms with E-state index in [0.717, 1.165) is 18.0 Å². The summed E-state index contributed by atoms with van der Waals surface area (Å²) in [5, 5.41) is 0. The summed E-state index contributed by atoms with van der Waals surface area (Å²) in [5.74, 6) is -1.81. The Bertz CT molecular complexity index is 610. The van der Waals surface area contributed by atoms with Gasteiger partial charge < -0.3 is 9.80 Å². The third-order valence-corrected chi connectivity index (χ3v) is 4.27. The Hall–Kier alpha value is -1.62. The first-order valence-electron chi connectivity index (χ1n) is 6.86. The lowest BCUT2D eigenvalue weighted by atomic mass is 10.3. The standard InChI is InChI=1S/C13H22F3N3O4S/c1-7-24(21,22)10(8-18(3)4)11(20)12(19(5)6)17-9(2)23-13(14,15)16/h8-9H,7H2,1-6H3/b10-8+,17-12-. The van der Waals surface area contributed by atoms with Gasteiger partial charge in [-0.2, -0.15) is 0 Å². The van der Waals surface area contributed by atoms with Crippen LogP contribution in [0.15, 0.2) is 16.1 Å². The van der Waals surface area contributed by atoms with Crippen molar-refractivity contribution in [1.82, 2.24) is 9.80 Å². The van der Waals surface area contributed by atoms with E-state index in [1.54, 1.807) is 0 Å². The van der Waals surface area contributed by atoms with Gasteiger partial charge in [0.1, 0.15) is 4.91 Å². The lowest BCUT2D eigenvalue weighted by Gasteiger charge is -2.19. The number of nitrogens with zero attached hydrogens (tertiary/aromatic N) is 3. The van der Waals surface area contributed by atoms with Crippen molar-refractivity contribution < 1.29 is 31.1 Å². The van der Waals surface area contributed by atoms with Crippen LogP contribution in [-0.4, -0.2) is 76.4 Å². The summed E-state index contributed by atoms with van der Waals surface area (Å²) < 4.78 is 64.6. The molecule has 0 amide bonds. The number of hydrogen-bond donors (Lipinski definition) is 0. The average Bonchev–Trinajstić information content (AvgIpc) is 2.38. The zero-order valence-electron chi connectivity index (χ0n) is 14.4. The van der Waals surface area contributed by atoms with E-state index in [0.29, 0.717) is 0 Å². The molecule has 0 rings (SSSR count). The minimum Gasteiger partial charge on any atom is -0.382 e. The molecule has 1 unspecified atom stereocenters. The molecule has 0 fully saturated rings. The first-order chi connectivity index (χ1) is 10.7. The first-order valence-corrected chi connectivity index (χ1v) is 8.51. The highest BCUT2D eigenvalue weighted by molar-refractivity contribution is 7.96. The molecule has 0 aliphatic carbocycles. The van der Waals surface area contributed by atoms with E-state index in [1.165, 1.54) is 40.0 Å². The number of ether oxygens (including phenoxy) is 1. The summed E-state index contributed by atoms with van der Waals surface area (Å²) in [6.45, 7) is 2.35. The van der Waals surface area contributed by atoms with Crippen LogP contribution in [-0.2, 0) is 19.4 Å². The predicted molar refractivity (Wildman–Crippen MR) is 84.0 cm³/mol. The largest absolute Gasteiger partial charge is 0.524 e. The van der Waals surface area contributed by atoms with Gasteiger partial charge in [0.25, 0.3) is 0 Å². The maximum absolute atomic E-state index is 12.5. The smallest absolute Gasteiger partial charge is 0.382 e. The van der Waals surface area contributed by atoms with Crippen molar-refractivity contribution in [2.45, 2.75) is 26.4 Å². The molecular formula is C13H22F3N3O4S. The molecule has 0 aromatic carbocycles. The van der Waals surface area contributed by atoms with Crippen molar-refractivity contribution in [2.75, 3.05) is 33.9 Å². The molecular weight excluding hydrogens is 351 g/mol. The lowest BCUT2D eigenvalue weighted by molar-refractivity contribution is -0.339. The van der Waals surface area contributed by atoms with Crippen LogP contribution >= 0.6 is 0 Å². The quantitative estimate of drug-likeness (QED) is 0.379. The fraction of sp³-hybridized carbons (Fsp3) is 0.692. The number of Topliss-reactive ketones (excluding diaryl/α,β-unsaturated/α-hetero) is 1. The second kappa shape index (κ2) is 8.47. The van der Waals surface area contributed by atoms with E-state index in [2.05, 4.69) is 9.73 Å². The second-order valence-corrected chi connectivity index (χ2v) is 7.45. The summed E-state index contributed by atoms with van der Waals surface area (Å²) in [6.07, 6.45) is -5.55. The van der Waals surface area contributed by atoms with Crippen molar-refractivity contribution in [1.29, 1.82) is 0 Å². The van der Waals surface area contributed by atoms with Gasteiger partial charge in [0.2, 0.25) is 5.78 Å². The molecule has 11 heteroatoms. The third kappa shape index (κ3) is 7.30. The molecule has 0 heterocycles. The number of aliphatic imine (C=N–C) groups is 1. The summed E-state index contributed by atoms with van der Waals surface area (Å²) in [7, 11) is 1.85. The number of hydrogen-bond acceptors (Lipinski definition) is 6. The molecule has 0 bridgehead atoms. The molecule has 0 aromatic rings. The van der Waals surface area contributed by atoms with Gasteiger partial charge in [-0.25, -0.2) is 13.4 Å². The fourth-order valence-corrected chi connectivity index (χ4v) is 2.61. The molecule has 1 atom stereocenters. The molecule has 140 valence electrons. The van der Waals surface area contributed by atoms with Crippen LogP contribution in [0.25, 0.3) is 0 Å². The summed E-state index contributed by atoms with van der Waals surface area (Å²) >= 11 is 0. The van der Waals surface area contributed by atoms with Crippen LogP contribution < -0.4 is 0 Å². The first kappa shape index (κ1) is 22.4. The molecule has 0 radical (unpaired) electrons. The van der Waals surface area contributed by atoms with Crippen LogP contribution in [0, 0.1) is 0 Å². The molecule has 7 nitrogen and oxygen atoms in total. The van der Waals surface area contributed by atoms with Crippen LogP contribution in [0.1, 0.15) is 13.8 Å². The summed E-state index contributed by atoms with van der Waals surface area (Å²) in [5.41, 5.74) is 0. The Balaban J connectivity index is 5.94. The van der Waals surface area contributed by atoms with Crippen molar-refractivity contribution in [3.63, 3.8) is 0 Å². The molecule has 0 aliphatic heterocycles. The monoisotopic (exact) mass is 373 g/mol. The summed E-state index contributed by atoms with van der Waals surface area (Å²) in [6, 6.07) is 0. The highest BCUT2D eigenvalue weighted by atomic mass is 32.2. The summed E-state index contributed by atoms with van der Waals surface area (Å²) in [4.78, 5) is 18.0. The van der Waals surface area contributed by atoms with Crippen molar-refractivity contribution >= 4 is 21.5 Å². The number of likely N-dealkylation sites (N-methyl/N-ethyl adjacent to an activating group) is 1. The van der Waals surface area contributed by atoms with Gasteiger partial charge in [-0.15, -0.1) is 13.2 Å². The zero-order chi connectivity index (χ0) is 19.3. The minimum absolute atomic E-state index is 0.340. The van der Waals surface area contributed by atoms with Crippen molar-refractivity contribution in [3.8, 4) is 0 Å². The molecule has 0 saturated carbocycles. The maximum Gasteiger partial charge on any atom is 0.524 e. The number of sulfone groups is 1. The average molecular weight is 373 g/mol. The van der Waals surface area contributed by atoms with E-state index in [1.807, 2.05) is 0 Å². The molecule has 0 aliphatic rings. The topological polar surface area (TPSA) is 79.3 Å². The van der Waals surface area contributed by atoms with Crippen LogP contribution in [0.4, 0.5) is 13.2 Å². The van der Waals surface area contributed by atoms with Crippen LogP contribution in [0.2, 0.25) is 0 Å². The highest BCUT2D eigenvalue weighted by Crippen LogP contribution is 2.20. The Kier molecular flexibility index (Phi) is 7.90.